The molecule has 0 aliphatic rings. The first-order valence-corrected chi connectivity index (χ1v) is 9.63. The van der Waals surface area contributed by atoms with E-state index in [0.29, 0.717) is 12.8 Å². The molecule has 0 atom stereocenters. The van der Waals surface area contributed by atoms with Crippen LogP contribution < -0.4 is 26.8 Å². The van der Waals surface area contributed by atoms with Gasteiger partial charge in [0.1, 0.15) is 5.75 Å². The van der Waals surface area contributed by atoms with Gasteiger partial charge in [0.15, 0.2) is 12.6 Å². The minimum absolute atomic E-state index is 0.0609. The van der Waals surface area contributed by atoms with Crippen molar-refractivity contribution in [2.75, 3.05) is 17.2 Å². The van der Waals surface area contributed by atoms with Gasteiger partial charge in [-0.15, -0.1) is 0 Å². The molecular formula is C19H26F3N5O7. The molecule has 1 rings (SSSR count). The van der Waals surface area contributed by atoms with Crippen molar-refractivity contribution in [1.82, 2.24) is 0 Å². The lowest BCUT2D eigenvalue weighted by atomic mass is 10.0. The number of aliphatic carboxylic acids is 2. The Morgan fingerprint density at radius 2 is 1.59 bits per heavy atom. The average molecular weight is 493 g/mol. The van der Waals surface area contributed by atoms with Gasteiger partial charge in [0.2, 0.25) is 11.8 Å². The minimum Gasteiger partial charge on any atom is -0.480 e. The lowest BCUT2D eigenvalue weighted by Gasteiger charge is -2.18. The molecular weight excluding hydrogens is 467 g/mol. The monoisotopic (exact) mass is 493 g/mol. The first-order valence-electron chi connectivity index (χ1n) is 9.63. The molecule has 2 amide bonds. The van der Waals surface area contributed by atoms with E-state index in [4.69, 9.17) is 31.2 Å². The quantitative estimate of drug-likeness (QED) is 0.219. The summed E-state index contributed by atoms with van der Waals surface area (Å²) in [5.74, 6) is -5.00. The number of amides is 2. The Bertz CT molecular complexity index is 928. The summed E-state index contributed by atoms with van der Waals surface area (Å²) in [7, 11) is 0. The molecule has 0 aliphatic heterocycles. The summed E-state index contributed by atoms with van der Waals surface area (Å²) in [6.45, 7) is 4.45. The maximum absolute atomic E-state index is 12.4. The van der Waals surface area contributed by atoms with Crippen molar-refractivity contribution in [3.63, 3.8) is 0 Å². The van der Waals surface area contributed by atoms with Crippen molar-refractivity contribution in [3.8, 4) is 5.75 Å². The topological polar surface area (TPSA) is 206 Å². The van der Waals surface area contributed by atoms with Gasteiger partial charge in [-0.1, -0.05) is 13.8 Å². The van der Waals surface area contributed by atoms with Crippen LogP contribution in [0.25, 0.3) is 0 Å². The molecule has 0 aromatic heterocycles. The molecule has 34 heavy (non-hydrogen) atoms. The van der Waals surface area contributed by atoms with Gasteiger partial charge in [-0.3, -0.25) is 9.59 Å². The molecule has 8 N–H and O–H groups in total. The Morgan fingerprint density at radius 1 is 1.06 bits per heavy atom. The van der Waals surface area contributed by atoms with Gasteiger partial charge in [-0.25, -0.2) is 14.6 Å². The smallest absolute Gasteiger partial charge is 0.480 e. The number of nitrogens with zero attached hydrogens (tertiary/aromatic N) is 1. The number of alkyl halides is 3. The fraction of sp³-hybridized carbons (Fsp3) is 0.421. The summed E-state index contributed by atoms with van der Waals surface area (Å²) in [6, 6.07) is 2.76. The number of halogens is 3. The second kappa shape index (κ2) is 13.5. The maximum atomic E-state index is 12.4. The first kappa shape index (κ1) is 30.0. The van der Waals surface area contributed by atoms with Crippen LogP contribution in [0.3, 0.4) is 0 Å². The van der Waals surface area contributed by atoms with Gasteiger partial charge < -0.3 is 37.1 Å². The third-order valence-electron chi connectivity index (χ3n) is 3.87. The number of aliphatic imine (C=N–C) groups is 1. The predicted molar refractivity (Wildman–Crippen MR) is 116 cm³/mol. The fourth-order valence-electron chi connectivity index (χ4n) is 2.34. The number of nitrogens with two attached hydrogens (primary N) is 2. The van der Waals surface area contributed by atoms with E-state index < -0.39 is 24.7 Å². The van der Waals surface area contributed by atoms with Crippen molar-refractivity contribution >= 4 is 46.8 Å². The molecule has 0 unspecified atom stereocenters. The van der Waals surface area contributed by atoms with Crippen LogP contribution in [0, 0.1) is 5.92 Å². The van der Waals surface area contributed by atoms with E-state index >= 15 is 0 Å². The van der Waals surface area contributed by atoms with Crippen molar-refractivity contribution in [3.05, 3.63) is 12.1 Å². The molecule has 0 aliphatic carbocycles. The zero-order chi connectivity index (χ0) is 26.6. The predicted octanol–water partition coefficient (Wildman–Crippen LogP) is 2.02. The largest absolute Gasteiger partial charge is 0.490 e. The highest BCUT2D eigenvalue weighted by Crippen LogP contribution is 2.37. The number of ether oxygens (including phenoxy) is 1. The van der Waals surface area contributed by atoms with Gasteiger partial charge in [0.25, 0.3) is 0 Å². The summed E-state index contributed by atoms with van der Waals surface area (Å²) in [4.78, 5) is 47.5. The lowest BCUT2D eigenvalue weighted by molar-refractivity contribution is -0.192. The van der Waals surface area contributed by atoms with E-state index in [1.807, 2.05) is 13.8 Å². The number of guanidine groups is 1. The van der Waals surface area contributed by atoms with Crippen molar-refractivity contribution in [1.29, 1.82) is 0 Å². The van der Waals surface area contributed by atoms with Gasteiger partial charge >= 0.3 is 18.1 Å². The molecule has 12 nitrogen and oxygen atoms in total. The molecule has 0 radical (unpaired) electrons. The van der Waals surface area contributed by atoms with E-state index in [-0.39, 0.29) is 46.5 Å². The Kier molecular flexibility index (Phi) is 11.9. The normalized spacial score (nSPS) is 10.4. The Morgan fingerprint density at radius 3 is 1.97 bits per heavy atom. The summed E-state index contributed by atoms with van der Waals surface area (Å²) in [6.07, 6.45) is -3.81. The van der Waals surface area contributed by atoms with Crippen LogP contribution in [-0.4, -0.2) is 52.7 Å². The molecule has 190 valence electrons. The van der Waals surface area contributed by atoms with Gasteiger partial charge in [-0.05, 0) is 18.9 Å². The van der Waals surface area contributed by atoms with Crippen LogP contribution >= 0.6 is 0 Å². The van der Waals surface area contributed by atoms with Crippen LogP contribution in [0.1, 0.15) is 33.6 Å². The van der Waals surface area contributed by atoms with E-state index in [0.717, 1.165) is 0 Å². The molecule has 15 heteroatoms. The highest BCUT2D eigenvalue weighted by Gasteiger charge is 2.38. The Hall–Kier alpha value is -4.04. The molecule has 1 aromatic rings. The second-order valence-electron chi connectivity index (χ2n) is 6.57. The Labute approximate surface area is 192 Å². The molecule has 0 fully saturated rings. The summed E-state index contributed by atoms with van der Waals surface area (Å²) >= 11 is 0. The molecule has 0 saturated carbocycles. The SMILES string of the molecule is CCC(CC)C(=O)Nc1cc(NC(C)=O)c(N=C(N)N)cc1OCC(=O)O.O=C(O)C(F)(F)F. The molecule has 0 heterocycles. The van der Waals surface area contributed by atoms with E-state index in [2.05, 4.69) is 15.6 Å². The number of benzene rings is 1. The highest BCUT2D eigenvalue weighted by atomic mass is 19.4. The number of hydrogen-bond acceptors (Lipinski definition) is 6. The summed E-state index contributed by atoms with van der Waals surface area (Å²) in [5, 5.41) is 21.3. The van der Waals surface area contributed by atoms with Crippen LogP contribution in [0.15, 0.2) is 17.1 Å². The minimum atomic E-state index is -5.08. The zero-order valence-electron chi connectivity index (χ0n) is 18.5. The zero-order valence-corrected chi connectivity index (χ0v) is 18.5. The van der Waals surface area contributed by atoms with Crippen LogP contribution in [-0.2, 0) is 19.2 Å². The van der Waals surface area contributed by atoms with Gasteiger partial charge in [0.05, 0.1) is 17.1 Å². The van der Waals surface area contributed by atoms with Crippen molar-refractivity contribution < 1.29 is 47.3 Å². The number of carbonyl (C=O) groups excluding carboxylic acids is 2. The van der Waals surface area contributed by atoms with E-state index in [1.165, 1.54) is 19.1 Å². The highest BCUT2D eigenvalue weighted by molar-refractivity contribution is 5.99. The molecule has 0 spiro atoms. The second-order valence-corrected chi connectivity index (χ2v) is 6.57. The van der Waals surface area contributed by atoms with Crippen LogP contribution in [0.4, 0.5) is 30.2 Å². The van der Waals surface area contributed by atoms with E-state index in [1.54, 1.807) is 0 Å². The van der Waals surface area contributed by atoms with Crippen LogP contribution in [0.5, 0.6) is 5.75 Å². The Balaban J connectivity index is 0.00000135. The third-order valence-corrected chi connectivity index (χ3v) is 3.87. The average Bonchev–Trinajstić information content (AvgIpc) is 2.68. The van der Waals surface area contributed by atoms with E-state index in [9.17, 15) is 27.6 Å². The number of hydrogen-bond donors (Lipinski definition) is 6. The molecule has 1 aromatic carbocycles. The third kappa shape index (κ3) is 11.0. The van der Waals surface area contributed by atoms with Crippen molar-refractivity contribution in [2.24, 2.45) is 22.4 Å². The summed E-state index contributed by atoms with van der Waals surface area (Å²) < 4.78 is 37.0. The number of carbonyl (C=O) groups is 4. The lowest BCUT2D eigenvalue weighted by Crippen LogP contribution is -2.23. The number of rotatable bonds is 9. The number of anilines is 2. The summed E-state index contributed by atoms with van der Waals surface area (Å²) in [5.41, 5.74) is 11.4. The number of carboxylic acids is 2. The fourth-order valence-corrected chi connectivity index (χ4v) is 2.34. The van der Waals surface area contributed by atoms with Gasteiger partial charge in [-0.2, -0.15) is 13.2 Å². The number of nitrogens with one attached hydrogen (secondary N) is 2. The first-order chi connectivity index (χ1) is 15.6. The molecule has 0 bridgehead atoms. The maximum Gasteiger partial charge on any atom is 0.490 e. The van der Waals surface area contributed by atoms with Crippen molar-refractivity contribution in [2.45, 2.75) is 39.8 Å². The number of carboxylic acid groups (broad SMARTS) is 2. The molecule has 0 saturated heterocycles. The van der Waals surface area contributed by atoms with Crippen LogP contribution in [0.2, 0.25) is 0 Å². The standard InChI is InChI=1S/C17H25N5O5.C2HF3O2/c1-4-10(5-2)16(26)21-13-6-11(20-9(3)23)12(22-17(18)19)7-14(13)27-8-15(24)25;3-2(4,5)1(6)7/h6-7,10H,4-5,8H2,1-3H3,(H,20,23)(H,21,26)(H,24,25)(H4,18,19,22);(H,6,7). The van der Waals surface area contributed by atoms with Gasteiger partial charge in [0, 0.05) is 18.9 Å².